The van der Waals surface area contributed by atoms with E-state index in [-0.39, 0.29) is 11.3 Å². The molecule has 0 bridgehead atoms. The molecule has 1 rings (SSSR count). The molecular formula is C11H13N3O2S. The fourth-order valence-corrected chi connectivity index (χ4v) is 2.21. The van der Waals surface area contributed by atoms with Crippen LogP contribution >= 0.6 is 11.8 Å². The van der Waals surface area contributed by atoms with Gasteiger partial charge >= 0.3 is 0 Å². The maximum Gasteiger partial charge on any atom is 0.249 e. The van der Waals surface area contributed by atoms with Crippen molar-refractivity contribution in [3.8, 4) is 6.07 Å². The van der Waals surface area contributed by atoms with Gasteiger partial charge in [-0.15, -0.1) is 0 Å². The second-order valence-corrected chi connectivity index (χ2v) is 4.47. The van der Waals surface area contributed by atoms with Crippen molar-refractivity contribution in [3.05, 3.63) is 27.5 Å². The van der Waals surface area contributed by atoms with E-state index in [2.05, 4.69) is 11.1 Å². The summed E-state index contributed by atoms with van der Waals surface area (Å²) in [5.41, 5.74) is 5.91. The molecule has 0 atom stereocenters. The number of hydrogen-bond donors (Lipinski definition) is 2. The molecular weight excluding hydrogens is 238 g/mol. The van der Waals surface area contributed by atoms with Gasteiger partial charge < -0.3 is 10.7 Å². The zero-order valence-electron chi connectivity index (χ0n) is 9.45. The maximum absolute atomic E-state index is 11.4. The molecule has 0 spiro atoms. The molecule has 1 aromatic rings. The number of nitrogens with zero attached hydrogens (tertiary/aromatic N) is 1. The Morgan fingerprint density at radius 2 is 2.35 bits per heavy atom. The summed E-state index contributed by atoms with van der Waals surface area (Å²) < 4.78 is 0. The molecule has 0 aromatic carbocycles. The minimum absolute atomic E-state index is 0.0419. The summed E-state index contributed by atoms with van der Waals surface area (Å²) in [6.45, 7) is 1.97. The molecule has 1 amide bonds. The van der Waals surface area contributed by atoms with Crippen molar-refractivity contribution in [2.75, 3.05) is 5.75 Å². The van der Waals surface area contributed by atoms with Crippen LogP contribution in [-0.4, -0.2) is 16.6 Å². The van der Waals surface area contributed by atoms with E-state index in [1.165, 1.54) is 6.07 Å². The minimum Gasteiger partial charge on any atom is -0.369 e. The number of carbonyl (C=O) groups is 1. The van der Waals surface area contributed by atoms with Crippen LogP contribution in [0.15, 0.2) is 15.9 Å². The van der Waals surface area contributed by atoms with Crippen molar-refractivity contribution in [2.45, 2.75) is 24.8 Å². The van der Waals surface area contributed by atoms with E-state index >= 15 is 0 Å². The standard InChI is InChI=1S/C11H13N3O2S/c1-2-3-7-4-10(16)14-11(8(7)5-12)17-6-9(13)15/h4H,2-3,6H2,1H3,(H2,13,15)(H,14,16). The summed E-state index contributed by atoms with van der Waals surface area (Å²) in [7, 11) is 0. The Morgan fingerprint density at radius 1 is 1.65 bits per heavy atom. The molecule has 1 heterocycles. The van der Waals surface area contributed by atoms with E-state index < -0.39 is 5.91 Å². The number of rotatable bonds is 5. The monoisotopic (exact) mass is 251 g/mol. The second kappa shape index (κ2) is 6.11. The molecule has 17 heavy (non-hydrogen) atoms. The lowest BCUT2D eigenvalue weighted by Gasteiger charge is -2.06. The van der Waals surface area contributed by atoms with Crippen LogP contribution in [0.2, 0.25) is 0 Å². The van der Waals surface area contributed by atoms with Gasteiger partial charge in [-0.2, -0.15) is 5.26 Å². The van der Waals surface area contributed by atoms with E-state index in [9.17, 15) is 9.59 Å². The number of aryl methyl sites for hydroxylation is 1. The zero-order valence-corrected chi connectivity index (χ0v) is 10.3. The first kappa shape index (κ1) is 13.3. The number of nitrogens with one attached hydrogen (secondary N) is 1. The third kappa shape index (κ3) is 3.64. The largest absolute Gasteiger partial charge is 0.369 e. The number of thioether (sulfide) groups is 1. The number of hydrogen-bond acceptors (Lipinski definition) is 4. The first-order valence-corrected chi connectivity index (χ1v) is 6.14. The number of amides is 1. The highest BCUT2D eigenvalue weighted by atomic mass is 32.2. The Labute approximate surface area is 103 Å². The van der Waals surface area contributed by atoms with Crippen LogP contribution in [0.25, 0.3) is 0 Å². The van der Waals surface area contributed by atoms with Gasteiger partial charge in [0.25, 0.3) is 0 Å². The molecule has 6 heteroatoms. The van der Waals surface area contributed by atoms with Crippen molar-refractivity contribution in [1.82, 2.24) is 4.98 Å². The summed E-state index contributed by atoms with van der Waals surface area (Å²) in [4.78, 5) is 24.7. The van der Waals surface area contributed by atoms with Crippen molar-refractivity contribution < 1.29 is 4.79 Å². The number of H-pyrrole nitrogens is 1. The normalized spacial score (nSPS) is 9.88. The lowest BCUT2D eigenvalue weighted by molar-refractivity contribution is -0.115. The Balaban J connectivity index is 3.14. The summed E-state index contributed by atoms with van der Waals surface area (Å²) >= 11 is 1.08. The zero-order chi connectivity index (χ0) is 12.8. The number of pyridine rings is 1. The lowest BCUT2D eigenvalue weighted by Crippen LogP contribution is -2.15. The number of aromatic nitrogens is 1. The highest BCUT2D eigenvalue weighted by molar-refractivity contribution is 7.99. The van der Waals surface area contributed by atoms with E-state index in [0.717, 1.165) is 18.2 Å². The fourth-order valence-electron chi connectivity index (χ4n) is 1.43. The van der Waals surface area contributed by atoms with Crippen molar-refractivity contribution in [3.63, 3.8) is 0 Å². The predicted octanol–water partition coefficient (Wildman–Crippen LogP) is 0.776. The SMILES string of the molecule is CCCc1cc(=O)[nH]c(SCC(N)=O)c1C#N. The van der Waals surface area contributed by atoms with E-state index in [1.54, 1.807) is 0 Å². The third-order valence-electron chi connectivity index (χ3n) is 2.08. The average molecular weight is 251 g/mol. The Kier molecular flexibility index (Phi) is 4.79. The average Bonchev–Trinajstić information content (AvgIpc) is 2.26. The van der Waals surface area contributed by atoms with E-state index in [1.807, 2.05) is 6.92 Å². The number of nitriles is 1. The van der Waals surface area contributed by atoms with Crippen LogP contribution in [0, 0.1) is 11.3 Å². The van der Waals surface area contributed by atoms with Gasteiger partial charge in [-0.05, 0) is 12.0 Å². The Morgan fingerprint density at radius 3 is 2.88 bits per heavy atom. The van der Waals surface area contributed by atoms with Crippen LogP contribution in [0.1, 0.15) is 24.5 Å². The van der Waals surface area contributed by atoms with E-state index in [0.29, 0.717) is 22.6 Å². The van der Waals surface area contributed by atoms with Gasteiger partial charge in [0.15, 0.2) is 0 Å². The van der Waals surface area contributed by atoms with Crippen LogP contribution in [0.3, 0.4) is 0 Å². The van der Waals surface area contributed by atoms with Crippen LogP contribution in [0.5, 0.6) is 0 Å². The lowest BCUT2D eigenvalue weighted by atomic mass is 10.1. The molecule has 0 unspecified atom stereocenters. The third-order valence-corrected chi connectivity index (χ3v) is 3.10. The molecule has 0 aliphatic rings. The highest BCUT2D eigenvalue weighted by Gasteiger charge is 2.11. The van der Waals surface area contributed by atoms with Gasteiger partial charge in [0.2, 0.25) is 11.5 Å². The smallest absolute Gasteiger partial charge is 0.249 e. The number of aromatic amines is 1. The first-order valence-electron chi connectivity index (χ1n) is 5.15. The predicted molar refractivity (Wildman–Crippen MR) is 65.7 cm³/mol. The molecule has 0 aliphatic carbocycles. The summed E-state index contributed by atoms with van der Waals surface area (Å²) in [5, 5.41) is 9.50. The quantitative estimate of drug-likeness (QED) is 0.755. The second-order valence-electron chi connectivity index (χ2n) is 3.48. The van der Waals surface area contributed by atoms with Gasteiger partial charge in [0.05, 0.1) is 16.3 Å². The van der Waals surface area contributed by atoms with Crippen LogP contribution < -0.4 is 11.3 Å². The van der Waals surface area contributed by atoms with Gasteiger partial charge in [0, 0.05) is 6.07 Å². The first-order chi connectivity index (χ1) is 8.08. The Hall–Kier alpha value is -1.74. The molecule has 1 aromatic heterocycles. The number of nitrogens with two attached hydrogens (primary N) is 1. The molecule has 90 valence electrons. The Bertz CT molecular complexity index is 516. The fraction of sp³-hybridized carbons (Fsp3) is 0.364. The number of primary amides is 1. The van der Waals surface area contributed by atoms with Gasteiger partial charge in [0.1, 0.15) is 6.07 Å². The summed E-state index contributed by atoms with van der Waals surface area (Å²) in [5.74, 6) is -0.444. The summed E-state index contributed by atoms with van der Waals surface area (Å²) in [6, 6.07) is 3.48. The molecule has 0 saturated heterocycles. The molecule has 5 nitrogen and oxygen atoms in total. The minimum atomic E-state index is -0.486. The van der Waals surface area contributed by atoms with Crippen molar-refractivity contribution >= 4 is 17.7 Å². The van der Waals surface area contributed by atoms with E-state index in [4.69, 9.17) is 11.0 Å². The van der Waals surface area contributed by atoms with Crippen molar-refractivity contribution in [2.24, 2.45) is 5.73 Å². The molecule has 0 fully saturated rings. The van der Waals surface area contributed by atoms with Gasteiger partial charge in [-0.1, -0.05) is 25.1 Å². The number of carbonyl (C=O) groups excluding carboxylic acids is 1. The van der Waals surface area contributed by atoms with Gasteiger partial charge in [-0.25, -0.2) is 0 Å². The summed E-state index contributed by atoms with van der Waals surface area (Å²) in [6.07, 6.45) is 1.51. The molecule has 0 aliphatic heterocycles. The van der Waals surface area contributed by atoms with Crippen molar-refractivity contribution in [1.29, 1.82) is 5.26 Å². The molecule has 3 N–H and O–H groups in total. The topological polar surface area (TPSA) is 99.7 Å². The van der Waals surface area contributed by atoms with Crippen LogP contribution in [-0.2, 0) is 11.2 Å². The maximum atomic E-state index is 11.4. The van der Waals surface area contributed by atoms with Gasteiger partial charge in [-0.3, -0.25) is 9.59 Å². The highest BCUT2D eigenvalue weighted by Crippen LogP contribution is 2.21. The molecule has 0 saturated carbocycles. The van der Waals surface area contributed by atoms with Crippen LogP contribution in [0.4, 0.5) is 0 Å². The molecule has 0 radical (unpaired) electrons.